The largest absolute Gasteiger partial charge is 0.393 e. The summed E-state index contributed by atoms with van der Waals surface area (Å²) in [6.07, 6.45) is 3.07. The van der Waals surface area contributed by atoms with E-state index >= 15 is 0 Å². The fourth-order valence-electron chi connectivity index (χ4n) is 2.43. The number of hydrogen-bond donors (Lipinski definition) is 1. The summed E-state index contributed by atoms with van der Waals surface area (Å²) in [7, 11) is 0. The average Bonchev–Trinajstić information content (AvgIpc) is 2.38. The van der Waals surface area contributed by atoms with Gasteiger partial charge in [0.1, 0.15) is 0 Å². The summed E-state index contributed by atoms with van der Waals surface area (Å²) in [5.41, 5.74) is 2.42. The normalized spacial score (nSPS) is 15.2. The molecule has 0 saturated carbocycles. The number of benzene rings is 1. The van der Waals surface area contributed by atoms with Gasteiger partial charge < -0.3 is 5.11 Å². The summed E-state index contributed by atoms with van der Waals surface area (Å²) in [6.45, 7) is 8.90. The van der Waals surface area contributed by atoms with Crippen LogP contribution in [0.2, 0.25) is 0 Å². The molecule has 2 nitrogen and oxygen atoms in total. The molecule has 2 unspecified atom stereocenters. The van der Waals surface area contributed by atoms with E-state index in [1.54, 1.807) is 0 Å². The standard InChI is InChI=1S/C18H25NO/c1-13(18(2,3)4)11-15(20)12-14-9-10-19-17-8-6-5-7-16(14)17/h5-10,13,15,20H,11-12H2,1-4H3. The zero-order valence-electron chi connectivity index (χ0n) is 12.9. The first-order valence-electron chi connectivity index (χ1n) is 7.38. The summed E-state index contributed by atoms with van der Waals surface area (Å²) in [4.78, 5) is 4.37. The SMILES string of the molecule is CC(CC(O)Cc1ccnc2ccccc12)C(C)(C)C. The lowest BCUT2D eigenvalue weighted by Gasteiger charge is -2.29. The van der Waals surface area contributed by atoms with E-state index in [-0.39, 0.29) is 11.5 Å². The van der Waals surface area contributed by atoms with Crippen LogP contribution in [0, 0.1) is 11.3 Å². The Bertz CT molecular complexity index is 566. The zero-order valence-corrected chi connectivity index (χ0v) is 12.9. The number of fused-ring (bicyclic) bond motifs is 1. The third-order valence-corrected chi connectivity index (χ3v) is 4.30. The van der Waals surface area contributed by atoms with Crippen LogP contribution in [0.4, 0.5) is 0 Å². The van der Waals surface area contributed by atoms with Crippen molar-refractivity contribution in [2.75, 3.05) is 0 Å². The third kappa shape index (κ3) is 3.57. The number of hydrogen-bond acceptors (Lipinski definition) is 2. The van der Waals surface area contributed by atoms with Crippen LogP contribution in [-0.4, -0.2) is 16.2 Å². The van der Waals surface area contributed by atoms with E-state index in [4.69, 9.17) is 0 Å². The molecular weight excluding hydrogens is 246 g/mol. The number of aromatic nitrogens is 1. The van der Waals surface area contributed by atoms with Crippen LogP contribution in [0.25, 0.3) is 10.9 Å². The topological polar surface area (TPSA) is 33.1 Å². The van der Waals surface area contributed by atoms with Gasteiger partial charge >= 0.3 is 0 Å². The number of rotatable bonds is 4. The molecule has 0 radical (unpaired) electrons. The van der Waals surface area contributed by atoms with Crippen molar-refractivity contribution in [1.82, 2.24) is 4.98 Å². The molecule has 0 aliphatic rings. The Morgan fingerprint density at radius 1 is 1.15 bits per heavy atom. The molecular formula is C18H25NO. The Morgan fingerprint density at radius 2 is 1.85 bits per heavy atom. The lowest BCUT2D eigenvalue weighted by Crippen LogP contribution is -2.24. The monoisotopic (exact) mass is 271 g/mol. The van der Waals surface area contributed by atoms with Crippen LogP contribution in [0.15, 0.2) is 36.5 Å². The zero-order chi connectivity index (χ0) is 14.8. The molecule has 0 saturated heterocycles. The van der Waals surface area contributed by atoms with Crippen molar-refractivity contribution >= 4 is 10.9 Å². The van der Waals surface area contributed by atoms with Crippen molar-refractivity contribution in [3.8, 4) is 0 Å². The molecule has 0 fully saturated rings. The van der Waals surface area contributed by atoms with Gasteiger partial charge in [0, 0.05) is 11.6 Å². The molecule has 108 valence electrons. The summed E-state index contributed by atoms with van der Waals surface area (Å²) < 4.78 is 0. The Kier molecular flexibility index (Phi) is 4.44. The molecule has 0 spiro atoms. The van der Waals surface area contributed by atoms with Gasteiger partial charge in [-0.1, -0.05) is 45.9 Å². The van der Waals surface area contributed by atoms with Gasteiger partial charge in [-0.05, 0) is 41.9 Å². The van der Waals surface area contributed by atoms with Gasteiger partial charge in [0.2, 0.25) is 0 Å². The number of para-hydroxylation sites is 1. The maximum Gasteiger partial charge on any atom is 0.0704 e. The van der Waals surface area contributed by atoms with Crippen LogP contribution in [0.5, 0.6) is 0 Å². The van der Waals surface area contributed by atoms with Gasteiger partial charge in [-0.25, -0.2) is 0 Å². The minimum Gasteiger partial charge on any atom is -0.393 e. The second-order valence-electron chi connectivity index (χ2n) is 6.85. The van der Waals surface area contributed by atoms with Crippen LogP contribution >= 0.6 is 0 Å². The highest BCUT2D eigenvalue weighted by Gasteiger charge is 2.23. The molecule has 2 rings (SSSR count). The first-order chi connectivity index (χ1) is 9.38. The molecule has 0 amide bonds. The lowest BCUT2D eigenvalue weighted by molar-refractivity contribution is 0.110. The molecule has 1 heterocycles. The molecule has 20 heavy (non-hydrogen) atoms. The second kappa shape index (κ2) is 5.92. The van der Waals surface area contributed by atoms with E-state index in [1.165, 1.54) is 5.56 Å². The summed E-state index contributed by atoms with van der Waals surface area (Å²) in [5.74, 6) is 0.491. The molecule has 1 N–H and O–H groups in total. The van der Waals surface area contributed by atoms with E-state index < -0.39 is 0 Å². The van der Waals surface area contributed by atoms with Crippen molar-refractivity contribution < 1.29 is 5.11 Å². The molecule has 1 aromatic carbocycles. The smallest absolute Gasteiger partial charge is 0.0704 e. The number of aliphatic hydroxyl groups is 1. The minimum atomic E-state index is -0.296. The van der Waals surface area contributed by atoms with Crippen molar-refractivity contribution in [3.63, 3.8) is 0 Å². The highest BCUT2D eigenvalue weighted by Crippen LogP contribution is 2.30. The van der Waals surface area contributed by atoms with E-state index in [1.807, 2.05) is 30.5 Å². The summed E-state index contributed by atoms with van der Waals surface area (Å²) in [5, 5.41) is 11.5. The van der Waals surface area contributed by atoms with Crippen molar-refractivity contribution in [1.29, 1.82) is 0 Å². The Hall–Kier alpha value is -1.41. The number of nitrogens with zero attached hydrogens (tertiary/aromatic N) is 1. The quantitative estimate of drug-likeness (QED) is 0.903. The number of pyridine rings is 1. The average molecular weight is 271 g/mol. The van der Waals surface area contributed by atoms with Crippen LogP contribution in [-0.2, 0) is 6.42 Å². The second-order valence-corrected chi connectivity index (χ2v) is 6.85. The Balaban J connectivity index is 2.12. The first kappa shape index (κ1) is 15.0. The fourth-order valence-corrected chi connectivity index (χ4v) is 2.43. The van der Waals surface area contributed by atoms with E-state index in [9.17, 15) is 5.11 Å². The van der Waals surface area contributed by atoms with Gasteiger partial charge in [-0.3, -0.25) is 4.98 Å². The highest BCUT2D eigenvalue weighted by atomic mass is 16.3. The van der Waals surface area contributed by atoms with Gasteiger partial charge in [-0.2, -0.15) is 0 Å². The molecule has 0 aliphatic heterocycles. The molecule has 1 aromatic heterocycles. The molecule has 0 aliphatic carbocycles. The Labute approximate surface area is 121 Å². The maximum atomic E-state index is 10.4. The van der Waals surface area contributed by atoms with E-state index in [0.717, 1.165) is 17.3 Å². The Morgan fingerprint density at radius 3 is 2.55 bits per heavy atom. The summed E-state index contributed by atoms with van der Waals surface area (Å²) >= 11 is 0. The van der Waals surface area contributed by atoms with Crippen LogP contribution in [0.1, 0.15) is 39.7 Å². The van der Waals surface area contributed by atoms with Gasteiger partial charge in [0.15, 0.2) is 0 Å². The van der Waals surface area contributed by atoms with Gasteiger partial charge in [0.25, 0.3) is 0 Å². The van der Waals surface area contributed by atoms with E-state index in [2.05, 4.69) is 38.7 Å². The molecule has 2 atom stereocenters. The van der Waals surface area contributed by atoms with Crippen LogP contribution in [0.3, 0.4) is 0 Å². The fraction of sp³-hybridized carbons (Fsp3) is 0.500. The van der Waals surface area contributed by atoms with Crippen molar-refractivity contribution in [2.45, 2.75) is 46.6 Å². The first-order valence-corrected chi connectivity index (χ1v) is 7.38. The predicted molar refractivity (Wildman–Crippen MR) is 84.7 cm³/mol. The minimum absolute atomic E-state index is 0.237. The molecule has 2 aromatic rings. The van der Waals surface area contributed by atoms with Crippen molar-refractivity contribution in [3.05, 3.63) is 42.1 Å². The number of aliphatic hydroxyl groups excluding tert-OH is 1. The third-order valence-electron chi connectivity index (χ3n) is 4.30. The molecule has 2 heteroatoms. The van der Waals surface area contributed by atoms with Gasteiger partial charge in [-0.15, -0.1) is 0 Å². The lowest BCUT2D eigenvalue weighted by atomic mass is 9.78. The van der Waals surface area contributed by atoms with Gasteiger partial charge in [0.05, 0.1) is 11.6 Å². The maximum absolute atomic E-state index is 10.4. The van der Waals surface area contributed by atoms with E-state index in [0.29, 0.717) is 12.3 Å². The molecule has 0 bridgehead atoms. The summed E-state index contributed by atoms with van der Waals surface area (Å²) in [6, 6.07) is 10.1. The highest BCUT2D eigenvalue weighted by molar-refractivity contribution is 5.81. The predicted octanol–water partition coefficient (Wildman–Crippen LogP) is 4.21. The van der Waals surface area contributed by atoms with Crippen LogP contribution < -0.4 is 0 Å². The van der Waals surface area contributed by atoms with Crippen molar-refractivity contribution in [2.24, 2.45) is 11.3 Å².